The highest BCUT2D eigenvalue weighted by Gasteiger charge is 2.22. The number of halogens is 1. The molecule has 0 radical (unpaired) electrons. The van der Waals surface area contributed by atoms with Crippen LogP contribution in [0.1, 0.15) is 36.0 Å². The largest absolute Gasteiger partial charge is 0.467 e. The van der Waals surface area contributed by atoms with E-state index in [0.29, 0.717) is 16.5 Å². The molecule has 0 spiro atoms. The van der Waals surface area contributed by atoms with Crippen molar-refractivity contribution in [2.24, 2.45) is 0 Å². The van der Waals surface area contributed by atoms with E-state index in [1.54, 1.807) is 12.1 Å². The topological polar surface area (TPSA) is 55.8 Å². The van der Waals surface area contributed by atoms with Crippen LogP contribution < -0.4 is 0 Å². The molecule has 1 fully saturated rings. The summed E-state index contributed by atoms with van der Waals surface area (Å²) >= 11 is 6.25. The van der Waals surface area contributed by atoms with Crippen molar-refractivity contribution in [2.45, 2.75) is 24.9 Å². The Bertz CT molecular complexity index is 455. The van der Waals surface area contributed by atoms with Crippen LogP contribution in [0.25, 0.3) is 0 Å². The molecule has 19 heavy (non-hydrogen) atoms. The summed E-state index contributed by atoms with van der Waals surface area (Å²) in [5, 5.41) is 10.3. The molecule has 0 aromatic heterocycles. The molecule has 104 valence electrons. The van der Waals surface area contributed by atoms with Crippen LogP contribution in [0.4, 0.5) is 0 Å². The lowest BCUT2D eigenvalue weighted by molar-refractivity contribution is -0.150. The normalized spacial score (nSPS) is 18.1. The standard InChI is InChI=1S/C14H17ClO4/c1-18-14(17)13(16)10-2-3-11(12(15)8-10)9-4-6-19-7-5-9/h2-3,8-9,13,16H,4-7H2,1H3. The Morgan fingerprint density at radius 3 is 2.74 bits per heavy atom. The van der Waals surface area contributed by atoms with E-state index in [1.807, 2.05) is 6.07 Å². The van der Waals surface area contributed by atoms with Gasteiger partial charge >= 0.3 is 5.97 Å². The molecule has 1 aliphatic rings. The predicted molar refractivity (Wildman–Crippen MR) is 71.2 cm³/mol. The van der Waals surface area contributed by atoms with Crippen molar-refractivity contribution in [3.05, 3.63) is 34.3 Å². The summed E-state index contributed by atoms with van der Waals surface area (Å²) in [5.41, 5.74) is 1.50. The molecule has 5 heteroatoms. The third-order valence-electron chi connectivity index (χ3n) is 3.43. The van der Waals surface area contributed by atoms with Crippen LogP contribution >= 0.6 is 11.6 Å². The Morgan fingerprint density at radius 1 is 1.47 bits per heavy atom. The number of ether oxygens (including phenoxy) is 2. The summed E-state index contributed by atoms with van der Waals surface area (Å²) in [4.78, 5) is 11.3. The summed E-state index contributed by atoms with van der Waals surface area (Å²) in [7, 11) is 1.24. The molecule has 1 aromatic carbocycles. The monoisotopic (exact) mass is 284 g/mol. The molecular weight excluding hydrogens is 268 g/mol. The van der Waals surface area contributed by atoms with Crippen LogP contribution in [-0.2, 0) is 14.3 Å². The summed E-state index contributed by atoms with van der Waals surface area (Å²) in [6.07, 6.45) is 0.600. The molecule has 1 aliphatic heterocycles. The Morgan fingerprint density at radius 2 is 2.16 bits per heavy atom. The molecule has 1 aromatic rings. The number of hydrogen-bond donors (Lipinski definition) is 1. The van der Waals surface area contributed by atoms with Gasteiger partial charge < -0.3 is 14.6 Å². The molecule has 2 rings (SSSR count). The maximum atomic E-state index is 11.3. The fourth-order valence-electron chi connectivity index (χ4n) is 2.30. The molecule has 1 saturated heterocycles. The molecule has 0 bridgehead atoms. The number of carbonyl (C=O) groups excluding carboxylic acids is 1. The number of esters is 1. The van der Waals surface area contributed by atoms with Gasteiger partial charge in [-0.15, -0.1) is 0 Å². The zero-order valence-electron chi connectivity index (χ0n) is 10.8. The van der Waals surface area contributed by atoms with Crippen molar-refractivity contribution in [2.75, 3.05) is 20.3 Å². The van der Waals surface area contributed by atoms with Crippen LogP contribution in [0.2, 0.25) is 5.02 Å². The molecule has 1 N–H and O–H groups in total. The highest BCUT2D eigenvalue weighted by Crippen LogP contribution is 2.33. The van der Waals surface area contributed by atoms with Gasteiger partial charge in [0.1, 0.15) is 0 Å². The smallest absolute Gasteiger partial charge is 0.339 e. The van der Waals surface area contributed by atoms with Gasteiger partial charge in [0, 0.05) is 18.2 Å². The van der Waals surface area contributed by atoms with E-state index in [2.05, 4.69) is 4.74 Å². The lowest BCUT2D eigenvalue weighted by atomic mass is 9.90. The summed E-state index contributed by atoms with van der Waals surface area (Å²) in [6, 6.07) is 5.23. The molecule has 0 aliphatic carbocycles. The predicted octanol–water partition coefficient (Wildman–Crippen LogP) is 2.44. The van der Waals surface area contributed by atoms with E-state index in [9.17, 15) is 9.90 Å². The Labute approximate surface area is 117 Å². The van der Waals surface area contributed by atoms with Crippen molar-refractivity contribution in [1.82, 2.24) is 0 Å². The van der Waals surface area contributed by atoms with Gasteiger partial charge in [-0.2, -0.15) is 0 Å². The molecule has 1 heterocycles. The van der Waals surface area contributed by atoms with Crippen LogP contribution in [0.3, 0.4) is 0 Å². The van der Waals surface area contributed by atoms with Gasteiger partial charge in [-0.1, -0.05) is 23.7 Å². The second kappa shape index (κ2) is 6.37. The summed E-state index contributed by atoms with van der Waals surface area (Å²) in [6.45, 7) is 1.49. The highest BCUT2D eigenvalue weighted by atomic mass is 35.5. The number of hydrogen-bond acceptors (Lipinski definition) is 4. The number of benzene rings is 1. The zero-order valence-corrected chi connectivity index (χ0v) is 11.5. The minimum atomic E-state index is -1.29. The molecule has 0 amide bonds. The molecule has 1 atom stereocenters. The van der Waals surface area contributed by atoms with Crippen molar-refractivity contribution in [1.29, 1.82) is 0 Å². The van der Waals surface area contributed by atoms with Crippen molar-refractivity contribution >= 4 is 17.6 Å². The van der Waals surface area contributed by atoms with Gasteiger partial charge in [0.15, 0.2) is 6.10 Å². The average molecular weight is 285 g/mol. The van der Waals surface area contributed by atoms with Gasteiger partial charge in [-0.25, -0.2) is 4.79 Å². The number of methoxy groups -OCH3 is 1. The maximum Gasteiger partial charge on any atom is 0.339 e. The minimum absolute atomic E-state index is 0.380. The van der Waals surface area contributed by atoms with E-state index in [0.717, 1.165) is 31.6 Å². The summed E-state index contributed by atoms with van der Waals surface area (Å²) in [5.74, 6) is -0.305. The summed E-state index contributed by atoms with van der Waals surface area (Å²) < 4.78 is 9.83. The second-order valence-corrected chi connectivity index (χ2v) is 5.00. The SMILES string of the molecule is COC(=O)C(O)c1ccc(C2CCOCC2)c(Cl)c1. The Kier molecular flexibility index (Phi) is 4.80. The maximum absolute atomic E-state index is 11.3. The van der Waals surface area contributed by atoms with Gasteiger partial charge in [0.2, 0.25) is 0 Å². The number of carbonyl (C=O) groups is 1. The van der Waals surface area contributed by atoms with Crippen molar-refractivity contribution < 1.29 is 19.4 Å². The molecule has 0 saturated carbocycles. The first-order valence-corrected chi connectivity index (χ1v) is 6.64. The fourth-order valence-corrected chi connectivity index (χ4v) is 2.64. The lowest BCUT2D eigenvalue weighted by Crippen LogP contribution is -2.16. The number of rotatable bonds is 3. The first-order valence-electron chi connectivity index (χ1n) is 6.26. The quantitative estimate of drug-likeness (QED) is 0.866. The van der Waals surface area contributed by atoms with Crippen LogP contribution in [0.15, 0.2) is 18.2 Å². The Hall–Kier alpha value is -1.10. The number of aliphatic hydroxyl groups excluding tert-OH is 1. The minimum Gasteiger partial charge on any atom is -0.467 e. The van der Waals surface area contributed by atoms with Gasteiger partial charge in [0.25, 0.3) is 0 Å². The molecule has 4 nitrogen and oxygen atoms in total. The average Bonchev–Trinajstić information content (AvgIpc) is 2.46. The van der Waals surface area contributed by atoms with Crippen LogP contribution in [0, 0.1) is 0 Å². The van der Waals surface area contributed by atoms with Gasteiger partial charge in [-0.05, 0) is 36.0 Å². The number of aliphatic hydroxyl groups is 1. The van der Waals surface area contributed by atoms with E-state index in [1.165, 1.54) is 7.11 Å². The van der Waals surface area contributed by atoms with E-state index in [4.69, 9.17) is 16.3 Å². The van der Waals surface area contributed by atoms with Crippen LogP contribution in [-0.4, -0.2) is 31.4 Å². The first kappa shape index (κ1) is 14.3. The van der Waals surface area contributed by atoms with Gasteiger partial charge in [-0.3, -0.25) is 0 Å². The van der Waals surface area contributed by atoms with E-state index < -0.39 is 12.1 Å². The highest BCUT2D eigenvalue weighted by molar-refractivity contribution is 6.31. The first-order chi connectivity index (χ1) is 9.13. The van der Waals surface area contributed by atoms with Crippen molar-refractivity contribution in [3.8, 4) is 0 Å². The second-order valence-electron chi connectivity index (χ2n) is 4.59. The fraction of sp³-hybridized carbons (Fsp3) is 0.500. The third-order valence-corrected chi connectivity index (χ3v) is 3.75. The Balaban J connectivity index is 2.19. The zero-order chi connectivity index (χ0) is 13.8. The molecular formula is C14H17ClO4. The van der Waals surface area contributed by atoms with Gasteiger partial charge in [0.05, 0.1) is 7.11 Å². The third kappa shape index (κ3) is 3.26. The van der Waals surface area contributed by atoms with E-state index >= 15 is 0 Å². The molecule has 1 unspecified atom stereocenters. The van der Waals surface area contributed by atoms with Crippen molar-refractivity contribution in [3.63, 3.8) is 0 Å². The van der Waals surface area contributed by atoms with Crippen LogP contribution in [0.5, 0.6) is 0 Å². The van der Waals surface area contributed by atoms with E-state index in [-0.39, 0.29) is 0 Å². The lowest BCUT2D eigenvalue weighted by Gasteiger charge is -2.23.